The van der Waals surface area contributed by atoms with Crippen molar-refractivity contribution in [3.8, 4) is 0 Å². The Hall–Kier alpha value is -0.0800. The van der Waals surface area contributed by atoms with Crippen LogP contribution in [0.1, 0.15) is 34.1 Å². The van der Waals surface area contributed by atoms with Gasteiger partial charge in [0.15, 0.2) is 0 Å². The first kappa shape index (κ1) is 9.47. The molecule has 0 bridgehead atoms. The summed E-state index contributed by atoms with van der Waals surface area (Å²) in [6.45, 7) is 10.7. The number of hydrogen-bond donors (Lipinski definition) is 0. The predicted octanol–water partition coefficient (Wildman–Crippen LogP) is 2.23. The van der Waals surface area contributed by atoms with E-state index in [9.17, 15) is 0 Å². The molecule has 2 atom stereocenters. The van der Waals surface area contributed by atoms with Crippen LogP contribution in [0.15, 0.2) is 0 Å². The molecule has 13 heavy (non-hydrogen) atoms. The molecular weight excluding hydrogens is 164 g/mol. The summed E-state index contributed by atoms with van der Waals surface area (Å²) >= 11 is 0. The van der Waals surface area contributed by atoms with Crippen LogP contribution in [0.4, 0.5) is 0 Å². The molecule has 1 aliphatic carbocycles. The molecule has 1 heterocycles. The maximum Gasteiger partial charge on any atom is 0.0894 e. The van der Waals surface area contributed by atoms with Crippen molar-refractivity contribution in [2.24, 2.45) is 10.8 Å². The first-order chi connectivity index (χ1) is 5.93. The molecule has 0 amide bonds. The normalized spacial score (nSPS) is 41.5. The van der Waals surface area contributed by atoms with E-state index < -0.39 is 0 Å². The first-order valence-electron chi connectivity index (χ1n) is 5.17. The van der Waals surface area contributed by atoms with Crippen molar-refractivity contribution < 1.29 is 9.47 Å². The van der Waals surface area contributed by atoms with Gasteiger partial charge in [-0.25, -0.2) is 0 Å². The molecule has 2 nitrogen and oxygen atoms in total. The van der Waals surface area contributed by atoms with Crippen molar-refractivity contribution in [2.75, 3.05) is 13.2 Å². The van der Waals surface area contributed by atoms with Crippen molar-refractivity contribution in [2.45, 2.75) is 46.3 Å². The van der Waals surface area contributed by atoms with Gasteiger partial charge in [-0.1, -0.05) is 27.7 Å². The lowest BCUT2D eigenvalue weighted by Gasteiger charge is -2.36. The third kappa shape index (κ3) is 1.40. The summed E-state index contributed by atoms with van der Waals surface area (Å²) in [4.78, 5) is 0. The quantitative estimate of drug-likeness (QED) is 0.574. The Labute approximate surface area is 80.6 Å². The van der Waals surface area contributed by atoms with Crippen LogP contribution in [-0.2, 0) is 9.47 Å². The number of fused-ring (bicyclic) bond motifs is 1. The molecule has 0 N–H and O–H groups in total. The molecule has 2 aliphatic rings. The zero-order chi connectivity index (χ0) is 9.69. The van der Waals surface area contributed by atoms with E-state index in [1.165, 1.54) is 6.42 Å². The fourth-order valence-corrected chi connectivity index (χ4v) is 3.17. The molecule has 76 valence electrons. The average Bonchev–Trinajstić information content (AvgIpc) is 2.20. The van der Waals surface area contributed by atoms with Crippen LogP contribution < -0.4 is 0 Å². The second-order valence-electron chi connectivity index (χ2n) is 5.74. The van der Waals surface area contributed by atoms with E-state index >= 15 is 0 Å². The second-order valence-corrected chi connectivity index (χ2v) is 5.74. The summed E-state index contributed by atoms with van der Waals surface area (Å²) in [6.07, 6.45) is 1.79. The van der Waals surface area contributed by atoms with E-state index in [2.05, 4.69) is 27.7 Å². The molecule has 0 aromatic carbocycles. The summed E-state index contributed by atoms with van der Waals surface area (Å²) in [5.74, 6) is 0. The van der Waals surface area contributed by atoms with Gasteiger partial charge < -0.3 is 9.47 Å². The molecule has 2 rings (SSSR count). The van der Waals surface area contributed by atoms with Crippen molar-refractivity contribution in [3.63, 3.8) is 0 Å². The monoisotopic (exact) mass is 184 g/mol. The third-order valence-electron chi connectivity index (χ3n) is 3.40. The molecule has 2 fully saturated rings. The van der Waals surface area contributed by atoms with Crippen LogP contribution in [0.5, 0.6) is 0 Å². The number of hydrogen-bond acceptors (Lipinski definition) is 2. The standard InChI is InChI=1S/C11H20O2/c1-10(2)7-11(3,4)9-8(10)12-5-6-13-9/h8-9H,5-7H2,1-4H3. The van der Waals surface area contributed by atoms with Crippen LogP contribution in [0.25, 0.3) is 0 Å². The highest BCUT2D eigenvalue weighted by Gasteiger charge is 2.55. The average molecular weight is 184 g/mol. The molecule has 1 aliphatic heterocycles. The summed E-state index contributed by atoms with van der Waals surface area (Å²) in [7, 11) is 0. The van der Waals surface area contributed by atoms with Gasteiger partial charge in [-0.05, 0) is 17.3 Å². The van der Waals surface area contributed by atoms with Gasteiger partial charge in [-0.3, -0.25) is 0 Å². The van der Waals surface area contributed by atoms with Crippen molar-refractivity contribution in [1.29, 1.82) is 0 Å². The lowest BCUT2D eigenvalue weighted by Crippen LogP contribution is -2.44. The summed E-state index contributed by atoms with van der Waals surface area (Å²) < 4.78 is 11.7. The molecule has 0 spiro atoms. The van der Waals surface area contributed by atoms with Crippen LogP contribution in [0.3, 0.4) is 0 Å². The van der Waals surface area contributed by atoms with Crippen molar-refractivity contribution in [1.82, 2.24) is 0 Å². The minimum atomic E-state index is 0.272. The lowest BCUT2D eigenvalue weighted by molar-refractivity contribution is -0.169. The zero-order valence-corrected chi connectivity index (χ0v) is 9.09. The Bertz CT molecular complexity index is 186. The highest BCUT2D eigenvalue weighted by atomic mass is 16.6. The largest absolute Gasteiger partial charge is 0.373 e. The van der Waals surface area contributed by atoms with E-state index in [4.69, 9.17) is 9.47 Å². The topological polar surface area (TPSA) is 18.5 Å². The fourth-order valence-electron chi connectivity index (χ4n) is 3.17. The molecule has 0 radical (unpaired) electrons. The molecule has 0 aromatic heterocycles. The van der Waals surface area contributed by atoms with E-state index in [-0.39, 0.29) is 10.8 Å². The Morgan fingerprint density at radius 2 is 1.23 bits per heavy atom. The maximum atomic E-state index is 5.83. The Kier molecular flexibility index (Phi) is 1.97. The van der Waals surface area contributed by atoms with E-state index in [0.717, 1.165) is 13.2 Å². The van der Waals surface area contributed by atoms with E-state index in [0.29, 0.717) is 12.2 Å². The number of rotatable bonds is 0. The zero-order valence-electron chi connectivity index (χ0n) is 9.09. The van der Waals surface area contributed by atoms with Crippen LogP contribution in [0.2, 0.25) is 0 Å². The first-order valence-corrected chi connectivity index (χ1v) is 5.17. The SMILES string of the molecule is CC1(C)CC(C)(C)C2OCCOC21. The van der Waals surface area contributed by atoms with Gasteiger partial charge in [0.05, 0.1) is 25.4 Å². The van der Waals surface area contributed by atoms with Gasteiger partial charge >= 0.3 is 0 Å². The van der Waals surface area contributed by atoms with Gasteiger partial charge in [0, 0.05) is 0 Å². The van der Waals surface area contributed by atoms with Gasteiger partial charge in [0.1, 0.15) is 0 Å². The second kappa shape index (κ2) is 2.71. The number of ether oxygens (including phenoxy) is 2. The fraction of sp³-hybridized carbons (Fsp3) is 1.00. The highest BCUT2D eigenvalue weighted by molar-refractivity contribution is 5.04. The Morgan fingerprint density at radius 3 is 1.62 bits per heavy atom. The van der Waals surface area contributed by atoms with Crippen LogP contribution in [-0.4, -0.2) is 25.4 Å². The van der Waals surface area contributed by atoms with Gasteiger partial charge in [-0.15, -0.1) is 0 Å². The van der Waals surface area contributed by atoms with Crippen molar-refractivity contribution in [3.05, 3.63) is 0 Å². The highest BCUT2D eigenvalue weighted by Crippen LogP contribution is 2.52. The van der Waals surface area contributed by atoms with Crippen LogP contribution >= 0.6 is 0 Å². The molecular formula is C11H20O2. The molecule has 1 saturated heterocycles. The van der Waals surface area contributed by atoms with Gasteiger partial charge in [-0.2, -0.15) is 0 Å². The maximum absolute atomic E-state index is 5.83. The summed E-state index contributed by atoms with van der Waals surface area (Å²) in [5, 5.41) is 0. The Balaban J connectivity index is 2.25. The van der Waals surface area contributed by atoms with E-state index in [1.54, 1.807) is 0 Å². The Morgan fingerprint density at radius 1 is 0.846 bits per heavy atom. The molecule has 1 saturated carbocycles. The van der Waals surface area contributed by atoms with E-state index in [1.807, 2.05) is 0 Å². The predicted molar refractivity (Wildman–Crippen MR) is 51.7 cm³/mol. The van der Waals surface area contributed by atoms with Crippen LogP contribution in [0, 0.1) is 10.8 Å². The minimum absolute atomic E-state index is 0.272. The lowest BCUT2D eigenvalue weighted by atomic mass is 9.84. The molecule has 0 aromatic rings. The molecule has 2 heteroatoms. The molecule has 2 unspecified atom stereocenters. The summed E-state index contributed by atoms with van der Waals surface area (Å²) in [5.41, 5.74) is 0.545. The minimum Gasteiger partial charge on any atom is -0.373 e. The van der Waals surface area contributed by atoms with Gasteiger partial charge in [0.2, 0.25) is 0 Å². The summed E-state index contributed by atoms with van der Waals surface area (Å²) in [6, 6.07) is 0. The third-order valence-corrected chi connectivity index (χ3v) is 3.40. The van der Waals surface area contributed by atoms with Crippen molar-refractivity contribution >= 4 is 0 Å². The smallest absolute Gasteiger partial charge is 0.0894 e. The van der Waals surface area contributed by atoms with Gasteiger partial charge in [0.25, 0.3) is 0 Å².